The number of hydrogen-bond acceptors (Lipinski definition) is 5. The maximum Gasteiger partial charge on any atom is 0.344 e. The number of fused-ring (bicyclic) bond motifs is 1. The van der Waals surface area contributed by atoms with Gasteiger partial charge in [-0.3, -0.25) is 0 Å². The molecular formula is C18H16ClNO4S. The number of aliphatic carboxylic acids is 1. The number of carboxylic acid groups (broad SMARTS) is 1. The topological polar surface area (TPSA) is 68.7 Å². The highest BCUT2D eigenvalue weighted by molar-refractivity contribution is 7.18. The van der Waals surface area contributed by atoms with Crippen molar-refractivity contribution in [2.75, 3.05) is 6.61 Å². The van der Waals surface area contributed by atoms with E-state index >= 15 is 0 Å². The van der Waals surface area contributed by atoms with E-state index in [1.54, 1.807) is 35.6 Å². The van der Waals surface area contributed by atoms with Crippen molar-refractivity contribution in [1.82, 2.24) is 4.98 Å². The van der Waals surface area contributed by atoms with Gasteiger partial charge in [-0.05, 0) is 49.4 Å². The fourth-order valence-corrected chi connectivity index (χ4v) is 3.40. The van der Waals surface area contributed by atoms with Crippen LogP contribution < -0.4 is 9.47 Å². The van der Waals surface area contributed by atoms with Gasteiger partial charge in [0.05, 0.1) is 21.8 Å². The molecule has 0 fully saturated rings. The molecule has 0 bridgehead atoms. The first-order valence-corrected chi connectivity index (χ1v) is 8.88. The van der Waals surface area contributed by atoms with Crippen LogP contribution in [0.25, 0.3) is 10.2 Å². The second-order valence-corrected chi connectivity index (χ2v) is 6.94. The summed E-state index contributed by atoms with van der Waals surface area (Å²) in [6, 6.07) is 12.5. The number of carboxylic acids is 1. The Bertz CT molecular complexity index is 878. The number of benzene rings is 2. The Morgan fingerprint density at radius 3 is 2.68 bits per heavy atom. The lowest BCUT2D eigenvalue weighted by molar-refractivity contribution is -0.144. The quantitative estimate of drug-likeness (QED) is 0.660. The smallest absolute Gasteiger partial charge is 0.344 e. The van der Waals surface area contributed by atoms with Gasteiger partial charge in [0.2, 0.25) is 0 Å². The summed E-state index contributed by atoms with van der Waals surface area (Å²) in [7, 11) is 0. The Labute approximate surface area is 153 Å². The number of hydrogen-bond donors (Lipinski definition) is 1. The van der Waals surface area contributed by atoms with E-state index in [-0.39, 0.29) is 0 Å². The summed E-state index contributed by atoms with van der Waals surface area (Å²) >= 11 is 7.59. The lowest BCUT2D eigenvalue weighted by Crippen LogP contribution is -2.22. The molecule has 25 heavy (non-hydrogen) atoms. The highest BCUT2D eigenvalue weighted by atomic mass is 35.5. The maximum atomic E-state index is 10.8. The molecule has 0 amide bonds. The molecule has 0 saturated heterocycles. The van der Waals surface area contributed by atoms with E-state index in [4.69, 9.17) is 26.2 Å². The standard InChI is InChI=1S/C18H16ClNO4S/c1-11(18(21)22)24-14-5-3-13(4-6-14)23-9-8-17-20-15-7-2-12(19)10-16(15)25-17/h2-7,10-11H,8-9H2,1H3,(H,21,22). The van der Waals surface area contributed by atoms with Crippen LogP contribution in [0.2, 0.25) is 5.02 Å². The number of ether oxygens (including phenoxy) is 2. The van der Waals surface area contributed by atoms with Crippen molar-refractivity contribution in [3.8, 4) is 11.5 Å². The zero-order valence-corrected chi connectivity index (χ0v) is 15.0. The largest absolute Gasteiger partial charge is 0.493 e. The predicted molar refractivity (Wildman–Crippen MR) is 98.0 cm³/mol. The fraction of sp³-hybridized carbons (Fsp3) is 0.222. The number of nitrogens with zero attached hydrogens (tertiary/aromatic N) is 1. The average molecular weight is 378 g/mol. The molecule has 5 nitrogen and oxygen atoms in total. The normalized spacial score (nSPS) is 12.1. The SMILES string of the molecule is CC(Oc1ccc(OCCc2nc3ccc(Cl)cc3s2)cc1)C(=O)O. The molecule has 7 heteroatoms. The highest BCUT2D eigenvalue weighted by Crippen LogP contribution is 2.26. The second-order valence-electron chi connectivity index (χ2n) is 5.39. The molecule has 1 unspecified atom stereocenters. The lowest BCUT2D eigenvalue weighted by atomic mass is 10.3. The van der Waals surface area contributed by atoms with Gasteiger partial charge in [-0.2, -0.15) is 0 Å². The minimum absolute atomic E-state index is 0.491. The van der Waals surface area contributed by atoms with Crippen LogP contribution >= 0.6 is 22.9 Å². The molecule has 0 spiro atoms. The summed E-state index contributed by atoms with van der Waals surface area (Å²) in [5.41, 5.74) is 0.943. The first-order chi connectivity index (χ1) is 12.0. The molecule has 0 radical (unpaired) electrons. The number of thiazole rings is 1. The number of halogens is 1. The van der Waals surface area contributed by atoms with E-state index < -0.39 is 12.1 Å². The van der Waals surface area contributed by atoms with Crippen LogP contribution in [0, 0.1) is 0 Å². The van der Waals surface area contributed by atoms with E-state index in [0.717, 1.165) is 15.2 Å². The van der Waals surface area contributed by atoms with Crippen molar-refractivity contribution in [2.24, 2.45) is 0 Å². The molecule has 0 aliphatic heterocycles. The minimum atomic E-state index is -1.00. The Morgan fingerprint density at radius 1 is 1.24 bits per heavy atom. The average Bonchev–Trinajstić information content (AvgIpc) is 2.98. The van der Waals surface area contributed by atoms with Gasteiger partial charge in [-0.1, -0.05) is 11.6 Å². The van der Waals surface area contributed by atoms with Gasteiger partial charge >= 0.3 is 5.97 Å². The molecular weight excluding hydrogens is 362 g/mol. The van der Waals surface area contributed by atoms with Crippen LogP contribution in [-0.2, 0) is 11.2 Å². The van der Waals surface area contributed by atoms with Crippen LogP contribution in [0.15, 0.2) is 42.5 Å². The number of aromatic nitrogens is 1. The van der Waals surface area contributed by atoms with E-state index in [1.165, 1.54) is 6.92 Å². The van der Waals surface area contributed by atoms with Crippen molar-refractivity contribution < 1.29 is 19.4 Å². The second kappa shape index (κ2) is 7.72. The Balaban J connectivity index is 1.53. The van der Waals surface area contributed by atoms with Crippen LogP contribution in [0.5, 0.6) is 11.5 Å². The highest BCUT2D eigenvalue weighted by Gasteiger charge is 2.12. The molecule has 1 atom stereocenters. The molecule has 3 rings (SSSR count). The van der Waals surface area contributed by atoms with Crippen molar-refractivity contribution in [3.63, 3.8) is 0 Å². The Morgan fingerprint density at radius 2 is 1.96 bits per heavy atom. The molecule has 2 aromatic carbocycles. The lowest BCUT2D eigenvalue weighted by Gasteiger charge is -2.11. The van der Waals surface area contributed by atoms with Crippen molar-refractivity contribution in [2.45, 2.75) is 19.4 Å². The molecule has 1 N–H and O–H groups in total. The summed E-state index contributed by atoms with van der Waals surface area (Å²) < 4.78 is 12.0. The molecule has 0 aliphatic carbocycles. The van der Waals surface area contributed by atoms with Crippen LogP contribution in [0.1, 0.15) is 11.9 Å². The van der Waals surface area contributed by atoms with Crippen molar-refractivity contribution in [3.05, 3.63) is 52.5 Å². The van der Waals surface area contributed by atoms with Gasteiger partial charge in [0.25, 0.3) is 0 Å². The monoisotopic (exact) mass is 377 g/mol. The first-order valence-electron chi connectivity index (χ1n) is 7.68. The van der Waals surface area contributed by atoms with Crippen LogP contribution in [-0.4, -0.2) is 28.8 Å². The van der Waals surface area contributed by atoms with Crippen LogP contribution in [0.3, 0.4) is 0 Å². The third-order valence-electron chi connectivity index (χ3n) is 3.46. The van der Waals surface area contributed by atoms with E-state index in [1.807, 2.05) is 18.2 Å². The predicted octanol–water partition coefficient (Wildman–Crippen LogP) is 4.42. The van der Waals surface area contributed by atoms with E-state index in [2.05, 4.69) is 4.98 Å². The summed E-state index contributed by atoms with van der Waals surface area (Å²) in [5.74, 6) is 0.183. The molecule has 0 aliphatic rings. The molecule has 3 aromatic rings. The van der Waals surface area contributed by atoms with E-state index in [0.29, 0.717) is 29.5 Å². The molecule has 1 heterocycles. The zero-order chi connectivity index (χ0) is 17.8. The summed E-state index contributed by atoms with van der Waals surface area (Å²) in [6.07, 6.45) is -0.190. The maximum absolute atomic E-state index is 10.8. The molecule has 130 valence electrons. The third-order valence-corrected chi connectivity index (χ3v) is 4.78. The Kier molecular flexibility index (Phi) is 5.40. The summed E-state index contributed by atoms with van der Waals surface area (Å²) in [6.45, 7) is 1.98. The Hall–Kier alpha value is -2.31. The third kappa shape index (κ3) is 4.61. The number of carbonyl (C=O) groups is 1. The van der Waals surface area contributed by atoms with Gasteiger partial charge < -0.3 is 14.6 Å². The zero-order valence-electron chi connectivity index (χ0n) is 13.4. The van der Waals surface area contributed by atoms with Crippen LogP contribution in [0.4, 0.5) is 0 Å². The van der Waals surface area contributed by atoms with Crippen molar-refractivity contribution in [1.29, 1.82) is 0 Å². The van der Waals surface area contributed by atoms with Gasteiger partial charge in [0, 0.05) is 11.4 Å². The molecule has 0 saturated carbocycles. The van der Waals surface area contributed by atoms with E-state index in [9.17, 15) is 4.79 Å². The van der Waals surface area contributed by atoms with Gasteiger partial charge in [-0.15, -0.1) is 11.3 Å². The first kappa shape index (κ1) is 17.5. The summed E-state index contributed by atoms with van der Waals surface area (Å²) in [5, 5.41) is 10.5. The van der Waals surface area contributed by atoms with Gasteiger partial charge in [0.1, 0.15) is 11.5 Å². The number of rotatable bonds is 7. The molecule has 1 aromatic heterocycles. The van der Waals surface area contributed by atoms with Gasteiger partial charge in [0.15, 0.2) is 6.10 Å². The van der Waals surface area contributed by atoms with Gasteiger partial charge in [-0.25, -0.2) is 9.78 Å². The van der Waals surface area contributed by atoms with Crippen molar-refractivity contribution >= 4 is 39.1 Å². The summed E-state index contributed by atoms with van der Waals surface area (Å²) in [4.78, 5) is 15.3. The fourth-order valence-electron chi connectivity index (χ4n) is 2.18. The minimum Gasteiger partial charge on any atom is -0.493 e.